The third-order valence-corrected chi connectivity index (χ3v) is 3.32. The van der Waals surface area contributed by atoms with Gasteiger partial charge in [-0.25, -0.2) is 0 Å². The summed E-state index contributed by atoms with van der Waals surface area (Å²) in [5.74, 6) is -0.211. The molecule has 0 bridgehead atoms. The van der Waals surface area contributed by atoms with E-state index in [2.05, 4.69) is 15.3 Å². The van der Waals surface area contributed by atoms with E-state index in [0.717, 1.165) is 13.1 Å². The van der Waals surface area contributed by atoms with Gasteiger partial charge < -0.3 is 20.7 Å². The van der Waals surface area contributed by atoms with Gasteiger partial charge in [-0.1, -0.05) is 0 Å². The van der Waals surface area contributed by atoms with Gasteiger partial charge in [-0.2, -0.15) is 5.10 Å². The summed E-state index contributed by atoms with van der Waals surface area (Å²) in [4.78, 5) is 14.3. The lowest BCUT2D eigenvalue weighted by Crippen LogP contribution is -2.46. The van der Waals surface area contributed by atoms with Crippen molar-refractivity contribution in [2.75, 3.05) is 39.0 Å². The Labute approximate surface area is 112 Å². The zero-order valence-electron chi connectivity index (χ0n) is 11.6. The highest BCUT2D eigenvalue weighted by atomic mass is 16.5. The van der Waals surface area contributed by atoms with E-state index in [4.69, 9.17) is 10.5 Å². The fourth-order valence-corrected chi connectivity index (χ4v) is 2.22. The third-order valence-electron chi connectivity index (χ3n) is 3.32. The van der Waals surface area contributed by atoms with Crippen LogP contribution in [0.4, 0.5) is 5.69 Å². The number of morpholine rings is 1. The number of rotatable bonds is 3. The number of carbonyl (C=O) groups is 1. The number of carbonyl (C=O) groups excluding carboxylic acids is 1. The van der Waals surface area contributed by atoms with Crippen molar-refractivity contribution >= 4 is 11.6 Å². The maximum absolute atomic E-state index is 12.1. The van der Waals surface area contributed by atoms with E-state index in [1.807, 2.05) is 7.05 Å². The van der Waals surface area contributed by atoms with Crippen molar-refractivity contribution in [3.05, 3.63) is 11.4 Å². The molecule has 0 spiro atoms. The number of hydrogen-bond donors (Lipinski definition) is 2. The summed E-state index contributed by atoms with van der Waals surface area (Å²) in [6.07, 6.45) is 0.0262. The molecule has 2 heterocycles. The molecule has 0 saturated carbocycles. The molecule has 3 N–H and O–H groups in total. The largest absolute Gasteiger partial charge is 0.395 e. The number of amides is 1. The predicted molar refractivity (Wildman–Crippen MR) is 71.9 cm³/mol. The Morgan fingerprint density at radius 2 is 2.32 bits per heavy atom. The molecule has 1 aromatic rings. The van der Waals surface area contributed by atoms with Crippen molar-refractivity contribution in [2.45, 2.75) is 13.0 Å². The second kappa shape index (κ2) is 5.58. The second-order valence-electron chi connectivity index (χ2n) is 4.94. The molecular formula is C12H21N5O2. The number of nitrogens with zero attached hydrogens (tertiary/aromatic N) is 3. The van der Waals surface area contributed by atoms with Crippen LogP contribution >= 0.6 is 0 Å². The highest BCUT2D eigenvalue weighted by molar-refractivity contribution is 5.97. The number of hydrogen-bond acceptors (Lipinski definition) is 5. The van der Waals surface area contributed by atoms with Gasteiger partial charge in [0, 0.05) is 26.7 Å². The van der Waals surface area contributed by atoms with E-state index in [-0.39, 0.29) is 12.0 Å². The summed E-state index contributed by atoms with van der Waals surface area (Å²) >= 11 is 0. The van der Waals surface area contributed by atoms with Crippen LogP contribution in [0.1, 0.15) is 16.2 Å². The molecule has 7 nitrogen and oxygen atoms in total. The number of nitrogens with one attached hydrogen (secondary N) is 1. The molecule has 0 aliphatic carbocycles. The summed E-state index contributed by atoms with van der Waals surface area (Å²) in [5, 5.41) is 6.98. The maximum Gasteiger partial charge on any atom is 0.271 e. The summed E-state index contributed by atoms with van der Waals surface area (Å²) < 4.78 is 7.10. The zero-order valence-corrected chi connectivity index (χ0v) is 11.6. The molecule has 1 aliphatic rings. The number of nitrogens with two attached hydrogens (primary N) is 1. The zero-order chi connectivity index (χ0) is 14.0. The maximum atomic E-state index is 12.1. The highest BCUT2D eigenvalue weighted by Crippen LogP contribution is 2.14. The first-order chi connectivity index (χ1) is 8.99. The molecule has 2 rings (SSSR count). The lowest BCUT2D eigenvalue weighted by molar-refractivity contribution is -0.0175. The number of likely N-dealkylation sites (N-methyl/N-ethyl adjacent to an activating group) is 1. The fourth-order valence-electron chi connectivity index (χ4n) is 2.22. The molecule has 1 atom stereocenters. The van der Waals surface area contributed by atoms with E-state index in [0.29, 0.717) is 30.2 Å². The van der Waals surface area contributed by atoms with Gasteiger partial charge in [-0.15, -0.1) is 0 Å². The minimum absolute atomic E-state index is 0.0262. The van der Waals surface area contributed by atoms with Crippen molar-refractivity contribution < 1.29 is 9.53 Å². The van der Waals surface area contributed by atoms with Crippen LogP contribution in [0.3, 0.4) is 0 Å². The minimum Gasteiger partial charge on any atom is -0.395 e. The van der Waals surface area contributed by atoms with Crippen LogP contribution in [0.15, 0.2) is 0 Å². The first-order valence-corrected chi connectivity index (χ1v) is 6.36. The normalized spacial score (nSPS) is 20.5. The van der Waals surface area contributed by atoms with Crippen LogP contribution in [0.2, 0.25) is 0 Å². The number of anilines is 1. The van der Waals surface area contributed by atoms with E-state index in [1.165, 1.54) is 4.68 Å². The lowest BCUT2D eigenvalue weighted by atomic mass is 10.2. The Kier molecular flexibility index (Phi) is 4.06. The van der Waals surface area contributed by atoms with Crippen LogP contribution in [0.5, 0.6) is 0 Å². The molecule has 1 unspecified atom stereocenters. The van der Waals surface area contributed by atoms with Crippen LogP contribution < -0.4 is 11.1 Å². The Morgan fingerprint density at radius 3 is 2.89 bits per heavy atom. The lowest BCUT2D eigenvalue weighted by Gasteiger charge is -2.30. The van der Waals surface area contributed by atoms with Crippen molar-refractivity contribution in [1.29, 1.82) is 0 Å². The van der Waals surface area contributed by atoms with Crippen molar-refractivity contribution in [3.63, 3.8) is 0 Å². The van der Waals surface area contributed by atoms with Crippen molar-refractivity contribution in [1.82, 2.24) is 20.0 Å². The quantitative estimate of drug-likeness (QED) is 0.761. The highest BCUT2D eigenvalue weighted by Gasteiger charge is 2.21. The van der Waals surface area contributed by atoms with Crippen molar-refractivity contribution in [3.8, 4) is 0 Å². The molecular weight excluding hydrogens is 246 g/mol. The molecule has 1 fully saturated rings. The molecule has 7 heteroatoms. The topological polar surface area (TPSA) is 85.4 Å². The van der Waals surface area contributed by atoms with Gasteiger partial charge in [-0.05, 0) is 14.0 Å². The fraction of sp³-hybridized carbons (Fsp3) is 0.667. The monoisotopic (exact) mass is 267 g/mol. The van der Waals surface area contributed by atoms with E-state index >= 15 is 0 Å². The Balaban J connectivity index is 1.94. The SMILES string of the molecule is Cc1nn(C)c(C(=O)NCC2CN(C)CCO2)c1N. The average molecular weight is 267 g/mol. The number of nitrogen functional groups attached to an aromatic ring is 1. The van der Waals surface area contributed by atoms with Gasteiger partial charge in [-0.3, -0.25) is 9.48 Å². The standard InChI is InChI=1S/C12H21N5O2/c1-8-10(13)11(17(3)15-8)12(18)14-6-9-7-16(2)4-5-19-9/h9H,4-7,13H2,1-3H3,(H,14,18). The first kappa shape index (κ1) is 13.8. The summed E-state index contributed by atoms with van der Waals surface area (Å²) in [6, 6.07) is 0. The minimum atomic E-state index is -0.211. The second-order valence-corrected chi connectivity index (χ2v) is 4.94. The van der Waals surface area contributed by atoms with E-state index in [1.54, 1.807) is 14.0 Å². The van der Waals surface area contributed by atoms with Crippen LogP contribution in [-0.2, 0) is 11.8 Å². The molecule has 106 valence electrons. The molecule has 1 aromatic heterocycles. The van der Waals surface area contributed by atoms with Crippen LogP contribution in [-0.4, -0.2) is 60.0 Å². The van der Waals surface area contributed by atoms with E-state index in [9.17, 15) is 4.79 Å². The van der Waals surface area contributed by atoms with Crippen molar-refractivity contribution in [2.24, 2.45) is 7.05 Å². The van der Waals surface area contributed by atoms with Gasteiger partial charge in [0.15, 0.2) is 0 Å². The molecule has 19 heavy (non-hydrogen) atoms. The Bertz CT molecular complexity index is 471. The number of aryl methyl sites for hydroxylation is 2. The number of ether oxygens (including phenoxy) is 1. The first-order valence-electron chi connectivity index (χ1n) is 6.36. The molecule has 0 aromatic carbocycles. The molecule has 1 amide bonds. The summed E-state index contributed by atoms with van der Waals surface area (Å²) in [6.45, 7) is 4.71. The smallest absolute Gasteiger partial charge is 0.271 e. The van der Waals surface area contributed by atoms with Gasteiger partial charge in [0.25, 0.3) is 5.91 Å². The molecule has 1 saturated heterocycles. The molecule has 1 aliphatic heterocycles. The van der Waals surface area contributed by atoms with Gasteiger partial charge in [0.05, 0.1) is 24.1 Å². The van der Waals surface area contributed by atoms with Crippen LogP contribution in [0.25, 0.3) is 0 Å². The molecule has 0 radical (unpaired) electrons. The number of aromatic nitrogens is 2. The van der Waals surface area contributed by atoms with Gasteiger partial charge in [0.2, 0.25) is 0 Å². The van der Waals surface area contributed by atoms with E-state index < -0.39 is 0 Å². The summed E-state index contributed by atoms with van der Waals surface area (Å²) in [5.41, 5.74) is 7.36. The van der Waals surface area contributed by atoms with Gasteiger partial charge in [0.1, 0.15) is 5.69 Å². The summed E-state index contributed by atoms with van der Waals surface area (Å²) in [7, 11) is 3.75. The Morgan fingerprint density at radius 1 is 1.58 bits per heavy atom. The van der Waals surface area contributed by atoms with Gasteiger partial charge >= 0.3 is 0 Å². The average Bonchev–Trinajstić information content (AvgIpc) is 2.61. The predicted octanol–water partition coefficient (Wildman–Crippen LogP) is -0.629. The third kappa shape index (κ3) is 3.05. The van der Waals surface area contributed by atoms with Crippen LogP contribution in [0, 0.1) is 6.92 Å². The Hall–Kier alpha value is -1.60.